The van der Waals surface area contributed by atoms with E-state index in [2.05, 4.69) is 0 Å². The molecule has 0 N–H and O–H groups in total. The highest BCUT2D eigenvalue weighted by Crippen LogP contribution is 2.45. The van der Waals surface area contributed by atoms with Gasteiger partial charge in [-0.25, -0.2) is 4.79 Å². The first-order chi connectivity index (χ1) is 11.7. The number of hydrogen-bond acceptors (Lipinski definition) is 3. The van der Waals surface area contributed by atoms with Crippen LogP contribution in [0, 0.1) is 0 Å². The van der Waals surface area contributed by atoms with Crippen LogP contribution in [0.3, 0.4) is 0 Å². The molecule has 2 aromatic carbocycles. The molecule has 24 heavy (non-hydrogen) atoms. The summed E-state index contributed by atoms with van der Waals surface area (Å²) in [6, 6.07) is 15.6. The fraction of sp³-hybridized carbons (Fsp3) is 0.211. The molecule has 3 aromatic rings. The maximum atomic E-state index is 12.3. The number of ether oxygens (including phenoxy) is 1. The maximum Gasteiger partial charge on any atom is 0.415 e. The number of thiophene rings is 1. The maximum absolute atomic E-state index is 12.3. The van der Waals surface area contributed by atoms with Gasteiger partial charge in [0.2, 0.25) is 0 Å². The van der Waals surface area contributed by atoms with Crippen LogP contribution in [-0.4, -0.2) is 24.1 Å². The third kappa shape index (κ3) is 3.12. The third-order valence-corrected chi connectivity index (χ3v) is 5.65. The average molecular weight is 360 g/mol. The third-order valence-electron chi connectivity index (χ3n) is 3.87. The molecule has 0 atom stereocenters. The van der Waals surface area contributed by atoms with Crippen LogP contribution in [-0.2, 0) is 0 Å². The highest BCUT2D eigenvalue weighted by atomic mass is 35.5. The minimum absolute atomic E-state index is 0.335. The summed E-state index contributed by atoms with van der Waals surface area (Å²) in [5.41, 5.74) is 1.06. The number of rotatable bonds is 4. The molecule has 0 fully saturated rings. The van der Waals surface area contributed by atoms with Crippen molar-refractivity contribution in [1.29, 1.82) is 0 Å². The van der Waals surface area contributed by atoms with Crippen molar-refractivity contribution in [3.8, 4) is 16.2 Å². The summed E-state index contributed by atoms with van der Waals surface area (Å²) < 4.78 is 6.51. The van der Waals surface area contributed by atoms with E-state index in [1.54, 1.807) is 16.2 Å². The van der Waals surface area contributed by atoms with E-state index in [9.17, 15) is 4.79 Å². The predicted octanol–water partition coefficient (Wildman–Crippen LogP) is 6.06. The Morgan fingerprint density at radius 3 is 2.46 bits per heavy atom. The number of nitrogens with zero attached hydrogens (tertiary/aromatic N) is 1. The molecule has 0 unspecified atom stereocenters. The molecule has 0 spiro atoms. The van der Waals surface area contributed by atoms with Crippen LogP contribution in [0.4, 0.5) is 4.79 Å². The van der Waals surface area contributed by atoms with Gasteiger partial charge in [-0.15, -0.1) is 11.3 Å². The Labute approximate surface area is 150 Å². The molecule has 0 radical (unpaired) electrons. The minimum Gasteiger partial charge on any atom is -0.409 e. The predicted molar refractivity (Wildman–Crippen MR) is 101 cm³/mol. The van der Waals surface area contributed by atoms with Crippen molar-refractivity contribution in [2.75, 3.05) is 13.1 Å². The Bertz CT molecular complexity index is 856. The van der Waals surface area contributed by atoms with Crippen molar-refractivity contribution in [2.45, 2.75) is 13.8 Å². The van der Waals surface area contributed by atoms with Crippen LogP contribution < -0.4 is 4.74 Å². The van der Waals surface area contributed by atoms with Crippen LogP contribution in [0.25, 0.3) is 20.5 Å². The van der Waals surface area contributed by atoms with Gasteiger partial charge in [-0.2, -0.15) is 0 Å². The van der Waals surface area contributed by atoms with Crippen molar-refractivity contribution in [2.24, 2.45) is 0 Å². The number of amides is 1. The normalized spacial score (nSPS) is 10.8. The molecule has 0 bridgehead atoms. The van der Waals surface area contributed by atoms with Crippen LogP contribution in [0.15, 0.2) is 48.5 Å². The van der Waals surface area contributed by atoms with Crippen molar-refractivity contribution in [3.05, 3.63) is 53.6 Å². The summed E-state index contributed by atoms with van der Waals surface area (Å²) in [7, 11) is 0. The minimum atomic E-state index is -0.335. The monoisotopic (exact) mass is 359 g/mol. The molecule has 3 rings (SSSR count). The number of carbonyl (C=O) groups excluding carboxylic acids is 1. The first-order valence-corrected chi connectivity index (χ1v) is 9.08. The Morgan fingerprint density at radius 1 is 1.08 bits per heavy atom. The molecule has 0 aliphatic rings. The van der Waals surface area contributed by atoms with Gasteiger partial charge in [0.05, 0.1) is 14.6 Å². The lowest BCUT2D eigenvalue weighted by atomic mass is 10.1. The molecular formula is C19H18ClNO2S. The summed E-state index contributed by atoms with van der Waals surface area (Å²) >= 11 is 8.12. The fourth-order valence-corrected chi connectivity index (χ4v) is 4.15. The van der Waals surface area contributed by atoms with Gasteiger partial charge in [0.1, 0.15) is 0 Å². The van der Waals surface area contributed by atoms with Crippen molar-refractivity contribution in [1.82, 2.24) is 4.90 Å². The van der Waals surface area contributed by atoms with E-state index in [4.69, 9.17) is 16.3 Å². The molecular weight excluding hydrogens is 342 g/mol. The standard InChI is InChI=1S/C19H18ClNO2S/c1-3-21(4-2)19(22)23-15-12-8-11-14-16(20)17(24-18(14)15)13-9-6-5-7-10-13/h5-12H,3-4H2,1-2H3. The molecule has 0 saturated heterocycles. The van der Waals surface area contributed by atoms with E-state index >= 15 is 0 Å². The van der Waals surface area contributed by atoms with Crippen LogP contribution in [0.1, 0.15) is 13.8 Å². The zero-order chi connectivity index (χ0) is 17.1. The number of halogens is 1. The van der Waals surface area contributed by atoms with Crippen LogP contribution >= 0.6 is 22.9 Å². The van der Waals surface area contributed by atoms with Gasteiger partial charge in [-0.05, 0) is 25.5 Å². The van der Waals surface area contributed by atoms with E-state index in [1.807, 2.05) is 62.4 Å². The Hall–Kier alpha value is -2.04. The first kappa shape index (κ1) is 16.8. The molecule has 1 heterocycles. The van der Waals surface area contributed by atoms with E-state index in [0.717, 1.165) is 20.5 Å². The SMILES string of the molecule is CCN(CC)C(=O)Oc1cccc2c(Cl)c(-c3ccccc3)sc12. The van der Waals surface area contributed by atoms with Crippen molar-refractivity contribution >= 4 is 39.1 Å². The van der Waals surface area contributed by atoms with Gasteiger partial charge in [-0.1, -0.05) is 54.1 Å². The molecule has 3 nitrogen and oxygen atoms in total. The number of carbonyl (C=O) groups is 1. The number of hydrogen-bond donors (Lipinski definition) is 0. The lowest BCUT2D eigenvalue weighted by molar-refractivity contribution is 0.158. The average Bonchev–Trinajstić information content (AvgIpc) is 2.95. The number of fused-ring (bicyclic) bond motifs is 1. The topological polar surface area (TPSA) is 29.5 Å². The van der Waals surface area contributed by atoms with Gasteiger partial charge >= 0.3 is 6.09 Å². The summed E-state index contributed by atoms with van der Waals surface area (Å²) in [4.78, 5) is 14.9. The smallest absolute Gasteiger partial charge is 0.409 e. The molecule has 0 saturated carbocycles. The quantitative estimate of drug-likeness (QED) is 0.566. The van der Waals surface area contributed by atoms with Gasteiger partial charge < -0.3 is 9.64 Å². The van der Waals surface area contributed by atoms with Crippen LogP contribution in [0.5, 0.6) is 5.75 Å². The molecule has 0 aliphatic carbocycles. The van der Waals surface area contributed by atoms with Crippen LogP contribution in [0.2, 0.25) is 5.02 Å². The van der Waals surface area contributed by atoms with E-state index in [1.165, 1.54) is 0 Å². The number of benzene rings is 2. The first-order valence-electron chi connectivity index (χ1n) is 7.88. The second kappa shape index (κ2) is 7.24. The van der Waals surface area contributed by atoms with E-state index in [0.29, 0.717) is 23.9 Å². The second-order valence-corrected chi connectivity index (χ2v) is 6.68. The van der Waals surface area contributed by atoms with Gasteiger partial charge in [-0.3, -0.25) is 0 Å². The molecule has 1 aromatic heterocycles. The lowest BCUT2D eigenvalue weighted by Crippen LogP contribution is -2.33. The summed E-state index contributed by atoms with van der Waals surface area (Å²) in [5.74, 6) is 0.554. The summed E-state index contributed by atoms with van der Waals surface area (Å²) in [6.07, 6.45) is -0.335. The largest absolute Gasteiger partial charge is 0.415 e. The Kier molecular flexibility index (Phi) is 5.07. The molecule has 0 aliphatic heterocycles. The molecule has 1 amide bonds. The summed E-state index contributed by atoms with van der Waals surface area (Å²) in [5, 5.41) is 1.60. The van der Waals surface area contributed by atoms with Gasteiger partial charge in [0.25, 0.3) is 0 Å². The highest BCUT2D eigenvalue weighted by molar-refractivity contribution is 7.23. The van der Waals surface area contributed by atoms with Crippen molar-refractivity contribution in [3.63, 3.8) is 0 Å². The Balaban J connectivity index is 2.03. The fourth-order valence-electron chi connectivity index (χ4n) is 2.56. The van der Waals surface area contributed by atoms with E-state index in [-0.39, 0.29) is 6.09 Å². The van der Waals surface area contributed by atoms with Gasteiger partial charge in [0.15, 0.2) is 5.75 Å². The second-order valence-electron chi connectivity index (χ2n) is 5.28. The van der Waals surface area contributed by atoms with Crippen molar-refractivity contribution < 1.29 is 9.53 Å². The van der Waals surface area contributed by atoms with Gasteiger partial charge in [0, 0.05) is 18.5 Å². The molecule has 5 heteroatoms. The highest BCUT2D eigenvalue weighted by Gasteiger charge is 2.18. The lowest BCUT2D eigenvalue weighted by Gasteiger charge is -2.18. The Morgan fingerprint density at radius 2 is 1.79 bits per heavy atom. The molecule has 124 valence electrons. The van der Waals surface area contributed by atoms with E-state index < -0.39 is 0 Å². The zero-order valence-corrected chi connectivity index (χ0v) is 15.2. The zero-order valence-electron chi connectivity index (χ0n) is 13.6. The summed E-state index contributed by atoms with van der Waals surface area (Å²) in [6.45, 7) is 5.10.